The van der Waals surface area contributed by atoms with Gasteiger partial charge in [-0.25, -0.2) is 4.68 Å². The van der Waals surface area contributed by atoms with E-state index in [1.807, 2.05) is 31.2 Å². The van der Waals surface area contributed by atoms with Gasteiger partial charge in [0, 0.05) is 10.4 Å². The van der Waals surface area contributed by atoms with Crippen molar-refractivity contribution >= 4 is 22.5 Å². The Kier molecular flexibility index (Phi) is 3.97. The quantitative estimate of drug-likeness (QED) is 0.556. The standard InChI is InChI=1S/C19H15ClN4O2/c1-12-15-11-21-23(14-7-5-6-13(20)10-14)18(15)19(25)24(22-12)16-8-3-4-9-17(16)26-2/h3-11H,1-2H3. The zero-order valence-electron chi connectivity index (χ0n) is 14.2. The van der Waals surface area contributed by atoms with Gasteiger partial charge in [0.05, 0.1) is 24.7 Å². The second-order valence-corrected chi connectivity index (χ2v) is 6.21. The highest BCUT2D eigenvalue weighted by atomic mass is 35.5. The predicted molar refractivity (Wildman–Crippen MR) is 101 cm³/mol. The van der Waals surface area contributed by atoms with Gasteiger partial charge in [0.2, 0.25) is 0 Å². The second kappa shape index (κ2) is 6.31. The van der Waals surface area contributed by atoms with Crippen molar-refractivity contribution in [3.63, 3.8) is 0 Å². The van der Waals surface area contributed by atoms with Gasteiger partial charge in [0.25, 0.3) is 5.56 Å². The summed E-state index contributed by atoms with van der Waals surface area (Å²) in [6, 6.07) is 14.5. The molecule has 4 rings (SSSR count). The highest BCUT2D eigenvalue weighted by molar-refractivity contribution is 6.30. The smallest absolute Gasteiger partial charge is 0.298 e. The van der Waals surface area contributed by atoms with Crippen LogP contribution in [-0.4, -0.2) is 26.7 Å². The summed E-state index contributed by atoms with van der Waals surface area (Å²) >= 11 is 6.10. The molecule has 0 N–H and O–H groups in total. The number of halogens is 1. The van der Waals surface area contributed by atoms with Crippen molar-refractivity contribution in [3.8, 4) is 17.1 Å². The largest absolute Gasteiger partial charge is 0.494 e. The van der Waals surface area contributed by atoms with E-state index in [0.29, 0.717) is 38.7 Å². The summed E-state index contributed by atoms with van der Waals surface area (Å²) in [4.78, 5) is 13.2. The van der Waals surface area contributed by atoms with E-state index in [2.05, 4.69) is 10.2 Å². The number of aromatic nitrogens is 4. The fraction of sp³-hybridized carbons (Fsp3) is 0.105. The fourth-order valence-electron chi connectivity index (χ4n) is 2.94. The fourth-order valence-corrected chi connectivity index (χ4v) is 3.12. The Bertz CT molecular complexity index is 1180. The Morgan fingerprint density at radius 2 is 1.88 bits per heavy atom. The topological polar surface area (TPSA) is 61.9 Å². The number of para-hydroxylation sites is 2. The van der Waals surface area contributed by atoms with Crippen molar-refractivity contribution in [2.24, 2.45) is 0 Å². The van der Waals surface area contributed by atoms with E-state index in [1.165, 1.54) is 4.68 Å². The molecule has 0 bridgehead atoms. The van der Waals surface area contributed by atoms with Crippen molar-refractivity contribution in [2.75, 3.05) is 7.11 Å². The molecule has 6 nitrogen and oxygen atoms in total. The molecule has 2 aromatic heterocycles. The van der Waals surface area contributed by atoms with Crippen LogP contribution in [0.5, 0.6) is 5.75 Å². The van der Waals surface area contributed by atoms with Crippen LogP contribution < -0.4 is 10.3 Å². The third kappa shape index (κ3) is 2.55. The van der Waals surface area contributed by atoms with Gasteiger partial charge in [0.1, 0.15) is 17.0 Å². The van der Waals surface area contributed by atoms with Crippen LogP contribution in [0, 0.1) is 6.92 Å². The number of benzene rings is 2. The lowest BCUT2D eigenvalue weighted by Gasteiger charge is -2.11. The highest BCUT2D eigenvalue weighted by Gasteiger charge is 2.17. The van der Waals surface area contributed by atoms with Crippen LogP contribution in [-0.2, 0) is 0 Å². The number of rotatable bonds is 3. The lowest BCUT2D eigenvalue weighted by Crippen LogP contribution is -2.24. The third-order valence-electron chi connectivity index (χ3n) is 4.17. The van der Waals surface area contributed by atoms with Crippen LogP contribution >= 0.6 is 11.6 Å². The minimum Gasteiger partial charge on any atom is -0.494 e. The molecule has 0 aliphatic rings. The van der Waals surface area contributed by atoms with Crippen LogP contribution in [0.15, 0.2) is 59.5 Å². The molecule has 26 heavy (non-hydrogen) atoms. The van der Waals surface area contributed by atoms with E-state index in [1.54, 1.807) is 42.3 Å². The lowest BCUT2D eigenvalue weighted by molar-refractivity contribution is 0.411. The summed E-state index contributed by atoms with van der Waals surface area (Å²) in [5.41, 5.74) is 2.13. The Hall–Kier alpha value is -3.12. The number of hydrogen-bond acceptors (Lipinski definition) is 4. The molecule has 0 saturated carbocycles. The van der Waals surface area contributed by atoms with E-state index >= 15 is 0 Å². The Labute approximate surface area is 154 Å². The minimum atomic E-state index is -0.285. The molecule has 0 unspecified atom stereocenters. The van der Waals surface area contributed by atoms with E-state index in [9.17, 15) is 4.79 Å². The number of nitrogens with zero attached hydrogens (tertiary/aromatic N) is 4. The average Bonchev–Trinajstić information content (AvgIpc) is 3.11. The SMILES string of the molecule is COc1ccccc1-n1nc(C)c2cnn(-c3cccc(Cl)c3)c2c1=O. The molecule has 0 saturated heterocycles. The molecule has 2 heterocycles. The van der Waals surface area contributed by atoms with Gasteiger partial charge < -0.3 is 4.74 Å². The predicted octanol–water partition coefficient (Wildman–Crippen LogP) is 3.54. The molecule has 0 aliphatic heterocycles. The molecule has 0 radical (unpaired) electrons. The molecular weight excluding hydrogens is 352 g/mol. The molecule has 0 spiro atoms. The average molecular weight is 367 g/mol. The first-order valence-electron chi connectivity index (χ1n) is 7.97. The number of fused-ring (bicyclic) bond motifs is 1. The maximum Gasteiger partial charge on any atom is 0.298 e. The minimum absolute atomic E-state index is 0.285. The zero-order valence-corrected chi connectivity index (χ0v) is 14.9. The molecule has 0 atom stereocenters. The van der Waals surface area contributed by atoms with Gasteiger partial charge >= 0.3 is 0 Å². The lowest BCUT2D eigenvalue weighted by atomic mass is 10.2. The first kappa shape index (κ1) is 16.4. The number of methoxy groups -OCH3 is 1. The Morgan fingerprint density at radius 3 is 2.65 bits per heavy atom. The zero-order chi connectivity index (χ0) is 18.3. The van der Waals surface area contributed by atoms with Gasteiger partial charge in [-0.1, -0.05) is 29.8 Å². The monoisotopic (exact) mass is 366 g/mol. The molecule has 7 heteroatoms. The number of ether oxygens (including phenoxy) is 1. The van der Waals surface area contributed by atoms with Crippen LogP contribution in [0.2, 0.25) is 5.02 Å². The Balaban J connectivity index is 2.05. The summed E-state index contributed by atoms with van der Waals surface area (Å²) in [5, 5.41) is 10.1. The van der Waals surface area contributed by atoms with E-state index in [0.717, 1.165) is 0 Å². The van der Waals surface area contributed by atoms with Crippen LogP contribution in [0.4, 0.5) is 0 Å². The maximum absolute atomic E-state index is 13.2. The molecule has 130 valence electrons. The van der Waals surface area contributed by atoms with Crippen LogP contribution in [0.1, 0.15) is 5.69 Å². The molecule has 2 aromatic carbocycles. The van der Waals surface area contributed by atoms with Gasteiger partial charge in [0.15, 0.2) is 0 Å². The second-order valence-electron chi connectivity index (χ2n) is 5.77. The molecule has 4 aromatic rings. The van der Waals surface area contributed by atoms with Crippen molar-refractivity contribution in [1.82, 2.24) is 19.6 Å². The summed E-state index contributed by atoms with van der Waals surface area (Å²) in [5.74, 6) is 0.565. The van der Waals surface area contributed by atoms with E-state index in [-0.39, 0.29) is 5.56 Å². The van der Waals surface area contributed by atoms with Crippen LogP contribution in [0.25, 0.3) is 22.3 Å². The van der Waals surface area contributed by atoms with Crippen molar-refractivity contribution in [1.29, 1.82) is 0 Å². The van der Waals surface area contributed by atoms with Gasteiger partial charge in [-0.15, -0.1) is 0 Å². The van der Waals surface area contributed by atoms with Gasteiger partial charge in [-0.2, -0.15) is 14.9 Å². The van der Waals surface area contributed by atoms with E-state index in [4.69, 9.17) is 16.3 Å². The van der Waals surface area contributed by atoms with Crippen molar-refractivity contribution < 1.29 is 4.74 Å². The van der Waals surface area contributed by atoms with E-state index < -0.39 is 0 Å². The van der Waals surface area contributed by atoms with Crippen molar-refractivity contribution in [2.45, 2.75) is 6.92 Å². The van der Waals surface area contributed by atoms with Crippen LogP contribution in [0.3, 0.4) is 0 Å². The summed E-state index contributed by atoms with van der Waals surface area (Å²) in [6.45, 7) is 1.84. The molecule has 0 fully saturated rings. The summed E-state index contributed by atoms with van der Waals surface area (Å²) < 4.78 is 8.31. The summed E-state index contributed by atoms with van der Waals surface area (Å²) in [6.07, 6.45) is 1.65. The molecule has 0 amide bonds. The normalized spacial score (nSPS) is 11.0. The molecule has 0 aliphatic carbocycles. The van der Waals surface area contributed by atoms with Gasteiger partial charge in [-0.3, -0.25) is 4.79 Å². The first-order chi connectivity index (χ1) is 12.6. The summed E-state index contributed by atoms with van der Waals surface area (Å²) in [7, 11) is 1.56. The molecular formula is C19H15ClN4O2. The maximum atomic E-state index is 13.2. The number of hydrogen-bond donors (Lipinski definition) is 0. The highest BCUT2D eigenvalue weighted by Crippen LogP contribution is 2.23. The van der Waals surface area contributed by atoms with Crippen molar-refractivity contribution in [3.05, 3.63) is 75.8 Å². The number of aryl methyl sites for hydroxylation is 1. The third-order valence-corrected chi connectivity index (χ3v) is 4.41. The van der Waals surface area contributed by atoms with Gasteiger partial charge in [-0.05, 0) is 37.3 Å². The Morgan fingerprint density at radius 1 is 1.08 bits per heavy atom. The first-order valence-corrected chi connectivity index (χ1v) is 8.35.